The van der Waals surface area contributed by atoms with E-state index in [1.807, 2.05) is 12.2 Å². The molecular weight excluding hydrogens is 676 g/mol. The van der Waals surface area contributed by atoms with Crippen molar-refractivity contribution in [2.24, 2.45) is 0 Å². The zero-order valence-electron chi connectivity index (χ0n) is 30.8. The highest BCUT2D eigenvalue weighted by atomic mass is 35.5. The fourth-order valence-corrected chi connectivity index (χ4v) is 4.74. The summed E-state index contributed by atoms with van der Waals surface area (Å²) in [6.45, 7) is 5.09. The van der Waals surface area contributed by atoms with E-state index in [4.69, 9.17) is 21.1 Å². The standard InChI is InChI=1S/C43H53ClN2O6/c1-5-6-7-8-9-10-11-12-13-14-15-16-17-18-19-20-21-22-23-24-39(47)45-33-38(41(49)51-4)46-42(50)43(2,3)52-37-31-27-35(28-32-37)40(48)34-25-29-36(44)30-26-34/h6-7,9-10,12-13,15-16,18-19,21-22,25-32,38H,5,8,11,14,17,20,23-24,33H2,1-4H3,(H,45,47)(H,46,50)/b7-6-,10-9-,13-12-,16-15-,19-18-,22-21-. The van der Waals surface area contributed by atoms with Gasteiger partial charge < -0.3 is 20.1 Å². The Balaban J connectivity index is 1.70. The Labute approximate surface area is 314 Å². The summed E-state index contributed by atoms with van der Waals surface area (Å²) in [5, 5.41) is 5.85. The minimum absolute atomic E-state index is 0.140. The molecule has 0 aromatic heterocycles. The number of esters is 1. The number of carbonyl (C=O) groups is 4. The number of nitrogens with one attached hydrogen (secondary N) is 2. The predicted octanol–water partition coefficient (Wildman–Crippen LogP) is 8.98. The number of amides is 2. The third-order valence-electron chi connectivity index (χ3n) is 7.57. The van der Waals surface area contributed by atoms with Gasteiger partial charge >= 0.3 is 5.97 Å². The van der Waals surface area contributed by atoms with E-state index in [-0.39, 0.29) is 24.7 Å². The molecular formula is C43H53ClN2O6. The number of rotatable bonds is 23. The Morgan fingerprint density at radius 1 is 0.712 bits per heavy atom. The highest BCUT2D eigenvalue weighted by molar-refractivity contribution is 6.30. The second kappa shape index (κ2) is 25.1. The Hall–Kier alpha value is -4.95. The maximum atomic E-state index is 13.1. The molecule has 0 bridgehead atoms. The van der Waals surface area contributed by atoms with E-state index in [1.54, 1.807) is 62.4 Å². The Morgan fingerprint density at radius 2 is 1.17 bits per heavy atom. The number of carbonyl (C=O) groups excluding carboxylic acids is 4. The van der Waals surface area contributed by atoms with Crippen molar-refractivity contribution in [3.05, 3.63) is 138 Å². The van der Waals surface area contributed by atoms with Gasteiger partial charge in [-0.1, -0.05) is 91.4 Å². The smallest absolute Gasteiger partial charge is 0.330 e. The van der Waals surface area contributed by atoms with E-state index in [9.17, 15) is 19.2 Å². The van der Waals surface area contributed by atoms with E-state index >= 15 is 0 Å². The number of hydrogen-bond donors (Lipinski definition) is 2. The van der Waals surface area contributed by atoms with Crippen LogP contribution in [-0.2, 0) is 19.1 Å². The van der Waals surface area contributed by atoms with Crippen LogP contribution in [0.1, 0.15) is 88.1 Å². The van der Waals surface area contributed by atoms with Crippen LogP contribution in [0.15, 0.2) is 121 Å². The fraction of sp³-hybridized carbons (Fsp3) is 0.349. The minimum atomic E-state index is -1.39. The van der Waals surface area contributed by atoms with E-state index in [0.717, 1.165) is 38.5 Å². The quantitative estimate of drug-likeness (QED) is 0.0672. The number of ketones is 1. The summed E-state index contributed by atoms with van der Waals surface area (Å²) in [4.78, 5) is 50.8. The van der Waals surface area contributed by atoms with Crippen LogP contribution in [0.4, 0.5) is 0 Å². The first-order valence-electron chi connectivity index (χ1n) is 17.7. The maximum Gasteiger partial charge on any atom is 0.330 e. The van der Waals surface area contributed by atoms with E-state index < -0.39 is 23.5 Å². The van der Waals surface area contributed by atoms with Crippen molar-refractivity contribution >= 4 is 35.2 Å². The van der Waals surface area contributed by atoms with Crippen molar-refractivity contribution in [1.29, 1.82) is 0 Å². The lowest BCUT2D eigenvalue weighted by atomic mass is 10.0. The zero-order chi connectivity index (χ0) is 38.0. The van der Waals surface area contributed by atoms with Gasteiger partial charge in [-0.3, -0.25) is 14.4 Å². The largest absolute Gasteiger partial charge is 0.478 e. The van der Waals surface area contributed by atoms with Crippen LogP contribution in [0.3, 0.4) is 0 Å². The summed E-state index contributed by atoms with van der Waals surface area (Å²) in [5.41, 5.74) is -0.458. The third-order valence-corrected chi connectivity index (χ3v) is 7.82. The molecule has 0 spiro atoms. The maximum absolute atomic E-state index is 13.1. The second-order valence-corrected chi connectivity index (χ2v) is 12.7. The van der Waals surface area contributed by atoms with Crippen LogP contribution in [0.2, 0.25) is 5.02 Å². The van der Waals surface area contributed by atoms with Crippen LogP contribution < -0.4 is 15.4 Å². The Kier molecular flexibility index (Phi) is 20.8. The highest BCUT2D eigenvalue weighted by Crippen LogP contribution is 2.21. The first-order chi connectivity index (χ1) is 25.1. The fourth-order valence-electron chi connectivity index (χ4n) is 4.61. The third kappa shape index (κ3) is 17.8. The van der Waals surface area contributed by atoms with Gasteiger partial charge in [0.1, 0.15) is 11.8 Å². The van der Waals surface area contributed by atoms with Gasteiger partial charge in [0.05, 0.1) is 7.11 Å². The molecule has 1 unspecified atom stereocenters. The molecule has 278 valence electrons. The Morgan fingerprint density at radius 3 is 1.65 bits per heavy atom. The summed E-state index contributed by atoms with van der Waals surface area (Å²) in [6.07, 6.45) is 31.9. The molecule has 2 amide bonds. The summed E-state index contributed by atoms with van der Waals surface area (Å²) in [7, 11) is 1.21. The second-order valence-electron chi connectivity index (χ2n) is 12.3. The normalized spacial score (nSPS) is 12.8. The molecule has 52 heavy (non-hydrogen) atoms. The SMILES string of the molecule is CC/C=C\C/C=C\C/C=C\C/C=C\C/C=C\C/C=C\CCC(=O)NCC(NC(=O)C(C)(C)Oc1ccc(C(=O)c2ccc(Cl)cc2)cc1)C(=O)OC. The van der Waals surface area contributed by atoms with Gasteiger partial charge in [0.25, 0.3) is 5.91 Å². The molecule has 0 radical (unpaired) electrons. The topological polar surface area (TPSA) is 111 Å². The number of methoxy groups -OCH3 is 1. The number of hydrogen-bond acceptors (Lipinski definition) is 6. The lowest BCUT2D eigenvalue weighted by molar-refractivity contribution is -0.147. The van der Waals surface area contributed by atoms with Gasteiger partial charge in [-0.2, -0.15) is 0 Å². The minimum Gasteiger partial charge on any atom is -0.478 e. The van der Waals surface area contributed by atoms with Gasteiger partial charge in [-0.25, -0.2) is 4.79 Å². The van der Waals surface area contributed by atoms with Gasteiger partial charge in [0.15, 0.2) is 11.4 Å². The molecule has 2 aromatic carbocycles. The first-order valence-corrected chi connectivity index (χ1v) is 18.1. The number of benzene rings is 2. The molecule has 2 rings (SSSR count). The molecule has 0 saturated heterocycles. The van der Waals surface area contributed by atoms with E-state index in [2.05, 4.69) is 78.3 Å². The van der Waals surface area contributed by atoms with Crippen molar-refractivity contribution in [1.82, 2.24) is 10.6 Å². The van der Waals surface area contributed by atoms with Crippen molar-refractivity contribution in [3.8, 4) is 5.75 Å². The van der Waals surface area contributed by atoms with Crippen molar-refractivity contribution in [3.63, 3.8) is 0 Å². The number of allylic oxidation sites excluding steroid dienone is 12. The summed E-state index contributed by atoms with van der Waals surface area (Å²) >= 11 is 5.91. The van der Waals surface area contributed by atoms with Gasteiger partial charge in [-0.05, 0) is 107 Å². The molecule has 0 aliphatic rings. The molecule has 0 aliphatic heterocycles. The monoisotopic (exact) mass is 728 g/mol. The summed E-state index contributed by atoms with van der Waals surface area (Å²) in [5.74, 6) is -1.37. The van der Waals surface area contributed by atoms with Crippen LogP contribution in [0.5, 0.6) is 5.75 Å². The first kappa shape index (κ1) is 43.2. The zero-order valence-corrected chi connectivity index (χ0v) is 31.6. The molecule has 0 aliphatic carbocycles. The number of halogens is 1. The molecule has 0 fully saturated rings. The van der Waals surface area contributed by atoms with Crippen molar-refractivity contribution in [2.75, 3.05) is 13.7 Å². The highest BCUT2D eigenvalue weighted by Gasteiger charge is 2.34. The molecule has 8 nitrogen and oxygen atoms in total. The molecule has 2 aromatic rings. The van der Waals surface area contributed by atoms with Crippen LogP contribution >= 0.6 is 11.6 Å². The summed E-state index contributed by atoms with van der Waals surface area (Å²) < 4.78 is 10.8. The lowest BCUT2D eigenvalue weighted by Gasteiger charge is -2.27. The molecule has 0 heterocycles. The molecule has 0 saturated carbocycles. The summed E-state index contributed by atoms with van der Waals surface area (Å²) in [6, 6.07) is 11.9. The van der Waals surface area contributed by atoms with Crippen LogP contribution in [0, 0.1) is 0 Å². The van der Waals surface area contributed by atoms with Gasteiger partial charge in [0, 0.05) is 29.1 Å². The van der Waals surface area contributed by atoms with Crippen molar-refractivity contribution < 1.29 is 28.7 Å². The van der Waals surface area contributed by atoms with E-state index in [0.29, 0.717) is 28.3 Å². The lowest BCUT2D eigenvalue weighted by Crippen LogP contribution is -2.55. The molecule has 9 heteroatoms. The van der Waals surface area contributed by atoms with Gasteiger partial charge in [-0.15, -0.1) is 0 Å². The van der Waals surface area contributed by atoms with E-state index in [1.165, 1.54) is 7.11 Å². The number of ether oxygens (including phenoxy) is 2. The van der Waals surface area contributed by atoms with Crippen LogP contribution in [-0.4, -0.2) is 48.9 Å². The van der Waals surface area contributed by atoms with Gasteiger partial charge in [0.2, 0.25) is 5.91 Å². The Bertz CT molecular complexity index is 1580. The van der Waals surface area contributed by atoms with Crippen LogP contribution in [0.25, 0.3) is 0 Å². The average molecular weight is 729 g/mol. The molecule has 2 N–H and O–H groups in total. The molecule has 1 atom stereocenters. The predicted molar refractivity (Wildman–Crippen MR) is 210 cm³/mol. The average Bonchev–Trinajstić information content (AvgIpc) is 3.14. The van der Waals surface area contributed by atoms with Crippen molar-refractivity contribution in [2.45, 2.75) is 83.8 Å².